The van der Waals surface area contributed by atoms with E-state index in [4.69, 9.17) is 4.98 Å². The van der Waals surface area contributed by atoms with Crippen LogP contribution in [0.15, 0.2) is 58.5 Å². The molecule has 0 fully saturated rings. The lowest BCUT2D eigenvalue weighted by atomic mass is 9.97. The number of nitro groups is 1. The maximum Gasteiger partial charge on any atom is 0.269 e. The molecule has 0 unspecified atom stereocenters. The van der Waals surface area contributed by atoms with Crippen LogP contribution in [0.4, 0.5) is 10.1 Å². The van der Waals surface area contributed by atoms with E-state index < -0.39 is 10.7 Å². The number of thiophene rings is 1. The number of nitro benzene ring substituents is 1. The monoisotopic (exact) mass is 467 g/mol. The number of fused-ring (bicyclic) bond motifs is 3. The number of rotatable bonds is 5. The van der Waals surface area contributed by atoms with Gasteiger partial charge < -0.3 is 0 Å². The Morgan fingerprint density at radius 2 is 1.97 bits per heavy atom. The summed E-state index contributed by atoms with van der Waals surface area (Å²) in [4.78, 5) is 30.9. The molecule has 2 aromatic carbocycles. The quantitative estimate of drug-likeness (QED) is 0.164. The molecule has 32 heavy (non-hydrogen) atoms. The van der Waals surface area contributed by atoms with E-state index in [1.807, 2.05) is 0 Å². The molecule has 0 radical (unpaired) electrons. The van der Waals surface area contributed by atoms with Gasteiger partial charge in [0.25, 0.3) is 11.2 Å². The zero-order valence-electron chi connectivity index (χ0n) is 16.9. The van der Waals surface area contributed by atoms with Gasteiger partial charge in [-0.15, -0.1) is 11.3 Å². The Morgan fingerprint density at radius 3 is 2.78 bits per heavy atom. The largest absolute Gasteiger partial charge is 0.269 e. The van der Waals surface area contributed by atoms with Crippen molar-refractivity contribution in [3.63, 3.8) is 0 Å². The molecule has 0 saturated heterocycles. The van der Waals surface area contributed by atoms with Crippen LogP contribution in [0.2, 0.25) is 0 Å². The maximum atomic E-state index is 14.7. The highest BCUT2D eigenvalue weighted by atomic mass is 32.2. The molecule has 1 aliphatic carbocycles. The van der Waals surface area contributed by atoms with Gasteiger partial charge in [-0.1, -0.05) is 36.0 Å². The molecule has 0 aliphatic heterocycles. The van der Waals surface area contributed by atoms with Crippen molar-refractivity contribution in [2.24, 2.45) is 0 Å². The van der Waals surface area contributed by atoms with Crippen LogP contribution in [0.3, 0.4) is 0 Å². The molecule has 0 saturated carbocycles. The zero-order valence-corrected chi connectivity index (χ0v) is 18.5. The van der Waals surface area contributed by atoms with Crippen molar-refractivity contribution in [3.8, 4) is 5.69 Å². The highest BCUT2D eigenvalue weighted by Gasteiger charge is 2.24. The molecule has 0 atom stereocenters. The molecule has 0 spiro atoms. The molecule has 9 heteroatoms. The number of aromatic nitrogens is 2. The van der Waals surface area contributed by atoms with Crippen molar-refractivity contribution in [1.29, 1.82) is 0 Å². The second-order valence-electron chi connectivity index (χ2n) is 7.59. The normalized spacial score (nSPS) is 13.3. The van der Waals surface area contributed by atoms with Crippen LogP contribution >= 0.6 is 23.1 Å². The molecular weight excluding hydrogens is 449 g/mol. The number of hydrogen-bond donors (Lipinski definition) is 0. The van der Waals surface area contributed by atoms with Gasteiger partial charge in [-0.05, 0) is 48.9 Å². The smallest absolute Gasteiger partial charge is 0.268 e. The maximum absolute atomic E-state index is 14.7. The van der Waals surface area contributed by atoms with Crippen molar-refractivity contribution in [2.75, 3.05) is 0 Å². The average molecular weight is 468 g/mol. The third kappa shape index (κ3) is 3.71. The molecule has 0 bridgehead atoms. The van der Waals surface area contributed by atoms with E-state index in [2.05, 4.69) is 0 Å². The second-order valence-corrected chi connectivity index (χ2v) is 9.62. The summed E-state index contributed by atoms with van der Waals surface area (Å²) in [7, 11) is 0. The molecule has 1 aliphatic rings. The van der Waals surface area contributed by atoms with Gasteiger partial charge in [0.1, 0.15) is 10.6 Å². The number of para-hydroxylation sites is 1. The van der Waals surface area contributed by atoms with E-state index >= 15 is 0 Å². The molecule has 162 valence electrons. The number of hydrogen-bond acceptors (Lipinski definition) is 6. The Bertz CT molecular complexity index is 1410. The first-order valence-electron chi connectivity index (χ1n) is 10.2. The Kier molecular flexibility index (Phi) is 5.52. The number of non-ortho nitro benzene ring substituents is 1. The van der Waals surface area contributed by atoms with Gasteiger partial charge in [-0.2, -0.15) is 0 Å². The van der Waals surface area contributed by atoms with Crippen LogP contribution in [-0.4, -0.2) is 14.5 Å². The van der Waals surface area contributed by atoms with Crippen molar-refractivity contribution in [1.82, 2.24) is 9.55 Å². The summed E-state index contributed by atoms with van der Waals surface area (Å²) in [5.74, 6) is -0.142. The molecule has 5 rings (SSSR count). The number of halogens is 1. The Morgan fingerprint density at radius 1 is 1.16 bits per heavy atom. The second kappa shape index (κ2) is 8.48. The van der Waals surface area contributed by atoms with Crippen LogP contribution in [0, 0.1) is 15.9 Å². The fourth-order valence-electron chi connectivity index (χ4n) is 4.04. The number of nitrogens with zero attached hydrogens (tertiary/aromatic N) is 3. The van der Waals surface area contributed by atoms with E-state index in [-0.39, 0.29) is 16.9 Å². The molecule has 2 aromatic heterocycles. The number of benzene rings is 2. The highest BCUT2D eigenvalue weighted by Crippen LogP contribution is 2.36. The van der Waals surface area contributed by atoms with Crippen molar-refractivity contribution in [3.05, 3.63) is 90.8 Å². The van der Waals surface area contributed by atoms with Gasteiger partial charge in [-0.25, -0.2) is 9.37 Å². The fraction of sp³-hybridized carbons (Fsp3) is 0.217. The predicted molar refractivity (Wildman–Crippen MR) is 124 cm³/mol. The summed E-state index contributed by atoms with van der Waals surface area (Å²) in [6.07, 6.45) is 3.90. The van der Waals surface area contributed by atoms with Crippen LogP contribution < -0.4 is 5.56 Å². The highest BCUT2D eigenvalue weighted by molar-refractivity contribution is 7.98. The summed E-state index contributed by atoms with van der Waals surface area (Å²) >= 11 is 2.81. The van der Waals surface area contributed by atoms with Gasteiger partial charge in [0, 0.05) is 22.8 Å². The molecular formula is C23H18FN3O3S2. The van der Waals surface area contributed by atoms with Gasteiger partial charge in [0.15, 0.2) is 5.16 Å². The summed E-state index contributed by atoms with van der Waals surface area (Å²) in [5.41, 5.74) is 1.67. The lowest BCUT2D eigenvalue weighted by Gasteiger charge is -2.14. The van der Waals surface area contributed by atoms with E-state index in [1.54, 1.807) is 41.7 Å². The van der Waals surface area contributed by atoms with Gasteiger partial charge in [0.05, 0.1) is 16.0 Å². The lowest BCUT2D eigenvalue weighted by molar-refractivity contribution is -0.384. The van der Waals surface area contributed by atoms with Crippen LogP contribution in [0.1, 0.15) is 28.8 Å². The van der Waals surface area contributed by atoms with Gasteiger partial charge >= 0.3 is 0 Å². The van der Waals surface area contributed by atoms with Crippen molar-refractivity contribution >= 4 is 39.0 Å². The van der Waals surface area contributed by atoms with Gasteiger partial charge in [0.2, 0.25) is 0 Å². The number of thioether (sulfide) groups is 1. The van der Waals surface area contributed by atoms with Crippen molar-refractivity contribution in [2.45, 2.75) is 36.6 Å². The van der Waals surface area contributed by atoms with Crippen LogP contribution in [0.5, 0.6) is 0 Å². The topological polar surface area (TPSA) is 78.0 Å². The summed E-state index contributed by atoms with van der Waals surface area (Å²) in [5, 5.41) is 12.1. The minimum Gasteiger partial charge on any atom is -0.268 e. The summed E-state index contributed by atoms with van der Waals surface area (Å²) in [6, 6.07) is 12.5. The fourth-order valence-corrected chi connectivity index (χ4v) is 6.29. The number of aryl methyl sites for hydroxylation is 2. The predicted octanol–water partition coefficient (Wildman–Crippen LogP) is 5.67. The van der Waals surface area contributed by atoms with Crippen LogP contribution in [0.25, 0.3) is 15.9 Å². The first kappa shape index (κ1) is 20.8. The standard InChI is InChI=1S/C23H18FN3O3S2/c24-17-9-2-3-10-18(17)26-22(28)20-16-8-1-4-11-19(16)32-21(20)25-23(26)31-13-14-6-5-7-15(12-14)27(29)30/h2-3,5-7,9-10,12H,1,4,8,11,13H2. The average Bonchev–Trinajstić information content (AvgIpc) is 3.17. The first-order valence-corrected chi connectivity index (χ1v) is 12.0. The zero-order chi connectivity index (χ0) is 22.2. The third-order valence-corrected chi connectivity index (χ3v) is 7.74. The molecule has 6 nitrogen and oxygen atoms in total. The van der Waals surface area contributed by atoms with E-state index in [0.29, 0.717) is 21.1 Å². The molecule has 0 amide bonds. The summed E-state index contributed by atoms with van der Waals surface area (Å²) < 4.78 is 16.1. The minimum atomic E-state index is -0.503. The first-order chi connectivity index (χ1) is 15.5. The Labute approximate surface area is 190 Å². The molecule has 0 N–H and O–H groups in total. The van der Waals surface area contributed by atoms with E-state index in [9.17, 15) is 19.3 Å². The van der Waals surface area contributed by atoms with Crippen LogP contribution in [-0.2, 0) is 18.6 Å². The van der Waals surface area contributed by atoms with E-state index in [0.717, 1.165) is 36.8 Å². The molecule has 4 aromatic rings. The van der Waals surface area contributed by atoms with Gasteiger partial charge in [-0.3, -0.25) is 19.5 Å². The minimum absolute atomic E-state index is 0.00365. The summed E-state index contributed by atoms with van der Waals surface area (Å²) in [6.45, 7) is 0. The SMILES string of the molecule is O=c1c2c3c(sc2nc(SCc2cccc([N+](=O)[O-])c2)n1-c1ccccc1F)CCCC3. The lowest BCUT2D eigenvalue weighted by Crippen LogP contribution is -2.23. The molecule has 2 heterocycles. The third-order valence-electron chi connectivity index (χ3n) is 5.54. The Balaban J connectivity index is 1.65. The van der Waals surface area contributed by atoms with E-state index in [1.165, 1.54) is 39.4 Å². The Hall–Kier alpha value is -3.04. The van der Waals surface area contributed by atoms with Crippen molar-refractivity contribution < 1.29 is 9.31 Å².